The van der Waals surface area contributed by atoms with Gasteiger partial charge in [0.2, 0.25) is 5.91 Å². The van der Waals surface area contributed by atoms with Crippen LogP contribution in [0.1, 0.15) is 10.4 Å². The summed E-state index contributed by atoms with van der Waals surface area (Å²) in [5.41, 5.74) is 3.08. The number of amides is 2. The van der Waals surface area contributed by atoms with Crippen molar-refractivity contribution in [3.63, 3.8) is 0 Å². The highest BCUT2D eigenvalue weighted by Crippen LogP contribution is 2.18. The molecule has 0 aliphatic rings. The predicted molar refractivity (Wildman–Crippen MR) is 111 cm³/mol. The summed E-state index contributed by atoms with van der Waals surface area (Å²) in [6, 6.07) is 24.1. The van der Waals surface area contributed by atoms with Crippen LogP contribution in [0.25, 0.3) is 0 Å². The van der Waals surface area contributed by atoms with Gasteiger partial charge >= 0.3 is 0 Å². The van der Waals surface area contributed by atoms with Gasteiger partial charge in [-0.1, -0.05) is 34.1 Å². The van der Waals surface area contributed by atoms with Crippen LogP contribution in [-0.2, 0) is 4.79 Å². The first-order valence-electron chi connectivity index (χ1n) is 8.36. The molecule has 3 aromatic carbocycles. The van der Waals surface area contributed by atoms with Gasteiger partial charge in [-0.2, -0.15) is 0 Å². The highest BCUT2D eigenvalue weighted by molar-refractivity contribution is 9.10. The van der Waals surface area contributed by atoms with Crippen molar-refractivity contribution >= 4 is 44.8 Å². The molecule has 0 fully saturated rings. The fourth-order valence-electron chi connectivity index (χ4n) is 2.39. The van der Waals surface area contributed by atoms with Crippen molar-refractivity contribution < 1.29 is 9.59 Å². The number of para-hydroxylation sites is 1. The molecule has 0 aliphatic carbocycles. The van der Waals surface area contributed by atoms with Crippen LogP contribution in [0.2, 0.25) is 0 Å². The Balaban J connectivity index is 1.49. The summed E-state index contributed by atoms with van der Waals surface area (Å²) in [7, 11) is 0. The van der Waals surface area contributed by atoms with Crippen molar-refractivity contribution in [1.82, 2.24) is 5.32 Å². The second-order valence-electron chi connectivity index (χ2n) is 5.81. The molecular weight excluding hydrogens is 406 g/mol. The van der Waals surface area contributed by atoms with E-state index in [1.807, 2.05) is 42.5 Å². The first-order chi connectivity index (χ1) is 13.1. The van der Waals surface area contributed by atoms with Gasteiger partial charge in [0.15, 0.2) is 0 Å². The van der Waals surface area contributed by atoms with E-state index in [-0.39, 0.29) is 18.4 Å². The second-order valence-corrected chi connectivity index (χ2v) is 6.72. The molecule has 0 saturated carbocycles. The summed E-state index contributed by atoms with van der Waals surface area (Å²) in [5.74, 6) is -0.579. The number of anilines is 3. The Bertz CT molecular complexity index is 910. The number of nitrogens with one attached hydrogen (secondary N) is 3. The lowest BCUT2D eigenvalue weighted by Crippen LogP contribution is -2.32. The van der Waals surface area contributed by atoms with Crippen molar-refractivity contribution in [2.24, 2.45) is 0 Å². The second kappa shape index (κ2) is 9.00. The minimum absolute atomic E-state index is 0.0983. The van der Waals surface area contributed by atoms with E-state index in [1.165, 1.54) is 0 Å². The molecule has 0 atom stereocenters. The van der Waals surface area contributed by atoms with E-state index in [1.54, 1.807) is 36.4 Å². The van der Waals surface area contributed by atoms with Crippen LogP contribution in [0, 0.1) is 0 Å². The maximum Gasteiger partial charge on any atom is 0.251 e. The van der Waals surface area contributed by atoms with Crippen molar-refractivity contribution in [2.45, 2.75) is 0 Å². The highest BCUT2D eigenvalue weighted by atomic mass is 79.9. The van der Waals surface area contributed by atoms with Crippen LogP contribution >= 0.6 is 15.9 Å². The molecule has 0 aromatic heterocycles. The summed E-state index contributed by atoms with van der Waals surface area (Å²) in [5, 5.41) is 8.64. The third-order valence-electron chi connectivity index (χ3n) is 3.75. The van der Waals surface area contributed by atoms with Gasteiger partial charge in [0.1, 0.15) is 0 Å². The monoisotopic (exact) mass is 423 g/mol. The summed E-state index contributed by atoms with van der Waals surface area (Å²) in [6.45, 7) is -0.0983. The van der Waals surface area contributed by atoms with E-state index in [9.17, 15) is 9.59 Å². The Kier molecular flexibility index (Phi) is 6.22. The highest BCUT2D eigenvalue weighted by Gasteiger charge is 2.08. The van der Waals surface area contributed by atoms with Gasteiger partial charge in [-0.25, -0.2) is 0 Å². The average Bonchev–Trinajstić information content (AvgIpc) is 2.69. The van der Waals surface area contributed by atoms with E-state index >= 15 is 0 Å². The average molecular weight is 424 g/mol. The molecular formula is C21H18BrN3O2. The Morgan fingerprint density at radius 3 is 2.00 bits per heavy atom. The van der Waals surface area contributed by atoms with Crippen LogP contribution in [-0.4, -0.2) is 18.4 Å². The van der Waals surface area contributed by atoms with Gasteiger partial charge in [0.25, 0.3) is 5.91 Å². The zero-order valence-corrected chi connectivity index (χ0v) is 16.0. The van der Waals surface area contributed by atoms with Gasteiger partial charge in [0, 0.05) is 27.1 Å². The molecule has 0 spiro atoms. The van der Waals surface area contributed by atoms with E-state index < -0.39 is 0 Å². The summed E-state index contributed by atoms with van der Waals surface area (Å²) < 4.78 is 0.891. The fraction of sp³-hybridized carbons (Fsp3) is 0.0476. The molecule has 5 nitrogen and oxygen atoms in total. The van der Waals surface area contributed by atoms with Gasteiger partial charge in [0.05, 0.1) is 6.54 Å². The molecule has 3 N–H and O–H groups in total. The molecule has 3 rings (SSSR count). The normalized spacial score (nSPS) is 10.1. The summed E-state index contributed by atoms with van der Waals surface area (Å²) in [4.78, 5) is 24.0. The van der Waals surface area contributed by atoms with Crippen molar-refractivity contribution in [2.75, 3.05) is 17.2 Å². The third kappa shape index (κ3) is 5.69. The minimum Gasteiger partial charge on any atom is -0.356 e. The molecule has 3 aromatic rings. The summed E-state index contributed by atoms with van der Waals surface area (Å²) >= 11 is 3.32. The quantitative estimate of drug-likeness (QED) is 0.543. The van der Waals surface area contributed by atoms with E-state index in [2.05, 4.69) is 31.9 Å². The van der Waals surface area contributed by atoms with Gasteiger partial charge < -0.3 is 16.0 Å². The molecule has 0 bridgehead atoms. The maximum atomic E-state index is 12.0. The topological polar surface area (TPSA) is 70.2 Å². The number of carbonyl (C=O) groups excluding carboxylic acids is 2. The van der Waals surface area contributed by atoms with Crippen molar-refractivity contribution in [1.29, 1.82) is 0 Å². The first kappa shape index (κ1) is 18.7. The lowest BCUT2D eigenvalue weighted by atomic mass is 10.2. The third-order valence-corrected chi connectivity index (χ3v) is 4.28. The number of hydrogen-bond donors (Lipinski definition) is 3. The van der Waals surface area contributed by atoms with E-state index in [0.29, 0.717) is 11.3 Å². The first-order valence-corrected chi connectivity index (χ1v) is 9.15. The molecule has 6 heteroatoms. The fourth-order valence-corrected chi connectivity index (χ4v) is 2.66. The molecule has 2 amide bonds. The Labute approximate surface area is 165 Å². The molecule has 0 saturated heterocycles. The Hall–Kier alpha value is -3.12. The molecule has 0 aliphatic heterocycles. The largest absolute Gasteiger partial charge is 0.356 e. The van der Waals surface area contributed by atoms with Gasteiger partial charge in [-0.05, 0) is 60.7 Å². The number of hydrogen-bond acceptors (Lipinski definition) is 3. The van der Waals surface area contributed by atoms with Crippen LogP contribution < -0.4 is 16.0 Å². The standard InChI is InChI=1S/C21H18BrN3O2/c22-16-8-6-15(7-9-16)21(27)23-14-20(26)25-19-12-10-18(11-13-19)24-17-4-2-1-3-5-17/h1-13,24H,14H2,(H,23,27)(H,25,26). The van der Waals surface area contributed by atoms with Crippen LogP contribution in [0.15, 0.2) is 83.3 Å². The zero-order valence-electron chi connectivity index (χ0n) is 14.4. The van der Waals surface area contributed by atoms with Crippen LogP contribution in [0.3, 0.4) is 0 Å². The summed E-state index contributed by atoms with van der Waals surface area (Å²) in [6.07, 6.45) is 0. The van der Waals surface area contributed by atoms with Gasteiger partial charge in [-0.3, -0.25) is 9.59 Å². The minimum atomic E-state index is -0.292. The smallest absolute Gasteiger partial charge is 0.251 e. The van der Waals surface area contributed by atoms with Crippen molar-refractivity contribution in [3.8, 4) is 0 Å². The van der Waals surface area contributed by atoms with E-state index in [4.69, 9.17) is 0 Å². The Morgan fingerprint density at radius 2 is 1.33 bits per heavy atom. The number of carbonyl (C=O) groups is 2. The lowest BCUT2D eigenvalue weighted by molar-refractivity contribution is -0.115. The predicted octanol–water partition coefficient (Wildman–Crippen LogP) is 4.56. The molecule has 0 heterocycles. The number of rotatable bonds is 6. The lowest BCUT2D eigenvalue weighted by Gasteiger charge is -2.09. The molecule has 136 valence electrons. The maximum absolute atomic E-state index is 12.0. The van der Waals surface area contributed by atoms with Gasteiger partial charge in [-0.15, -0.1) is 0 Å². The van der Waals surface area contributed by atoms with E-state index in [0.717, 1.165) is 15.8 Å². The van der Waals surface area contributed by atoms with Crippen LogP contribution in [0.4, 0.5) is 17.1 Å². The molecule has 27 heavy (non-hydrogen) atoms. The molecule has 0 unspecified atom stereocenters. The van der Waals surface area contributed by atoms with Crippen molar-refractivity contribution in [3.05, 3.63) is 88.9 Å². The number of benzene rings is 3. The SMILES string of the molecule is O=C(CNC(=O)c1ccc(Br)cc1)Nc1ccc(Nc2ccccc2)cc1. The molecule has 0 radical (unpaired) electrons. The number of halogens is 1. The zero-order chi connectivity index (χ0) is 19.1. The van der Waals surface area contributed by atoms with Crippen LogP contribution in [0.5, 0.6) is 0 Å². The Morgan fingerprint density at radius 1 is 0.741 bits per heavy atom.